The minimum atomic E-state index is -0.227. The van der Waals surface area contributed by atoms with Gasteiger partial charge in [0.15, 0.2) is 0 Å². The van der Waals surface area contributed by atoms with Crippen LogP contribution < -0.4 is 0 Å². The van der Waals surface area contributed by atoms with Gasteiger partial charge in [-0.25, -0.2) is 0 Å². The number of hydrogen-bond acceptors (Lipinski definition) is 3. The van der Waals surface area contributed by atoms with Crippen LogP contribution in [-0.4, -0.2) is 59.6 Å². The Labute approximate surface area is 84.5 Å². The largest absolute Gasteiger partial charge is 0.392 e. The molecule has 2 saturated heterocycles. The monoisotopic (exact) mass is 198 g/mol. The van der Waals surface area contributed by atoms with Gasteiger partial charge >= 0.3 is 0 Å². The molecule has 0 unspecified atom stereocenters. The summed E-state index contributed by atoms with van der Waals surface area (Å²) in [5.41, 5.74) is 0. The van der Waals surface area contributed by atoms with Gasteiger partial charge in [0, 0.05) is 26.7 Å². The first-order valence-electron chi connectivity index (χ1n) is 5.35. The Hall–Kier alpha value is -0.610. The van der Waals surface area contributed by atoms with Gasteiger partial charge in [-0.15, -0.1) is 0 Å². The van der Waals surface area contributed by atoms with Crippen molar-refractivity contribution in [3.05, 3.63) is 0 Å². The van der Waals surface area contributed by atoms with E-state index >= 15 is 0 Å². The summed E-state index contributed by atoms with van der Waals surface area (Å²) in [4.78, 5) is 15.8. The zero-order chi connectivity index (χ0) is 10.1. The number of aliphatic hydroxyl groups excluding tert-OH is 1. The average Bonchev–Trinajstić information content (AvgIpc) is 2.57. The molecule has 0 aromatic heterocycles. The number of aliphatic hydroxyl groups is 1. The second kappa shape index (κ2) is 3.87. The molecule has 2 aliphatic rings. The zero-order valence-electron chi connectivity index (χ0n) is 8.65. The number of likely N-dealkylation sites (tertiary alicyclic amines) is 2. The van der Waals surface area contributed by atoms with Crippen LogP contribution in [0.5, 0.6) is 0 Å². The van der Waals surface area contributed by atoms with Gasteiger partial charge in [-0.2, -0.15) is 0 Å². The normalized spacial score (nSPS) is 35.3. The second-order valence-electron chi connectivity index (χ2n) is 4.36. The first-order chi connectivity index (χ1) is 6.68. The minimum Gasteiger partial charge on any atom is -0.392 e. The maximum Gasteiger partial charge on any atom is 0.239 e. The molecule has 1 N–H and O–H groups in total. The summed E-state index contributed by atoms with van der Waals surface area (Å²) in [5, 5.41) is 9.42. The molecular formula is C10H18N2O2. The van der Waals surface area contributed by atoms with Gasteiger partial charge in [0.1, 0.15) is 0 Å². The van der Waals surface area contributed by atoms with Crippen LogP contribution >= 0.6 is 0 Å². The van der Waals surface area contributed by atoms with Crippen molar-refractivity contribution >= 4 is 5.91 Å². The minimum absolute atomic E-state index is 0.0332. The highest BCUT2D eigenvalue weighted by Crippen LogP contribution is 2.20. The molecule has 0 aromatic rings. The molecule has 2 rings (SSSR count). The van der Waals surface area contributed by atoms with Gasteiger partial charge in [0.2, 0.25) is 5.91 Å². The molecule has 0 bridgehead atoms. The number of hydrogen-bond donors (Lipinski definition) is 1. The maximum absolute atomic E-state index is 11.8. The smallest absolute Gasteiger partial charge is 0.239 e. The number of piperidine rings is 1. The van der Waals surface area contributed by atoms with Crippen LogP contribution in [-0.2, 0) is 4.79 Å². The predicted octanol–water partition coefficient (Wildman–Crippen LogP) is -0.326. The van der Waals surface area contributed by atoms with Crippen molar-refractivity contribution in [1.82, 2.24) is 9.80 Å². The van der Waals surface area contributed by atoms with E-state index < -0.39 is 0 Å². The topological polar surface area (TPSA) is 43.8 Å². The highest BCUT2D eigenvalue weighted by molar-refractivity contribution is 5.82. The fourth-order valence-electron chi connectivity index (χ4n) is 2.40. The lowest BCUT2D eigenvalue weighted by molar-refractivity contribution is -0.138. The molecule has 2 aliphatic heterocycles. The summed E-state index contributed by atoms with van der Waals surface area (Å²) in [6.07, 6.45) is 2.62. The van der Waals surface area contributed by atoms with E-state index in [1.165, 1.54) is 0 Å². The molecule has 4 nitrogen and oxygen atoms in total. The van der Waals surface area contributed by atoms with Crippen molar-refractivity contribution in [3.8, 4) is 0 Å². The molecular weight excluding hydrogens is 180 g/mol. The molecule has 0 aliphatic carbocycles. The van der Waals surface area contributed by atoms with E-state index in [-0.39, 0.29) is 18.1 Å². The van der Waals surface area contributed by atoms with Gasteiger partial charge in [-0.3, -0.25) is 9.69 Å². The van der Waals surface area contributed by atoms with E-state index in [9.17, 15) is 9.90 Å². The molecule has 80 valence electrons. The highest BCUT2D eigenvalue weighted by atomic mass is 16.3. The van der Waals surface area contributed by atoms with Crippen LogP contribution in [0.4, 0.5) is 0 Å². The van der Waals surface area contributed by atoms with E-state index in [1.54, 1.807) is 4.90 Å². The Bertz CT molecular complexity index is 232. The quantitative estimate of drug-likeness (QED) is 0.627. The second-order valence-corrected chi connectivity index (χ2v) is 4.36. The fraction of sp³-hybridized carbons (Fsp3) is 0.900. The van der Waals surface area contributed by atoms with E-state index in [2.05, 4.69) is 4.90 Å². The van der Waals surface area contributed by atoms with Gasteiger partial charge in [0.25, 0.3) is 0 Å². The Kier molecular flexibility index (Phi) is 2.74. The number of carbonyl (C=O) groups excluding carboxylic acids is 1. The Morgan fingerprint density at radius 3 is 2.79 bits per heavy atom. The summed E-state index contributed by atoms with van der Waals surface area (Å²) >= 11 is 0. The lowest BCUT2D eigenvalue weighted by Crippen LogP contribution is -2.50. The van der Waals surface area contributed by atoms with E-state index in [0.29, 0.717) is 6.54 Å². The number of β-amino-alcohol motifs (C(OH)–C–C–N with tert-alkyl or cyclic N) is 1. The number of amides is 1. The van der Waals surface area contributed by atoms with Crippen LogP contribution in [0.1, 0.15) is 19.3 Å². The van der Waals surface area contributed by atoms with Crippen molar-refractivity contribution in [3.63, 3.8) is 0 Å². The standard InChI is InChI=1S/C10H18N2O2/c1-11-5-2-3-9(10(11)14)12-6-4-8(13)7-12/h8-9,13H,2-7H2,1H3/t8-,9+/m1/s1. The van der Waals surface area contributed by atoms with Gasteiger partial charge in [-0.1, -0.05) is 0 Å². The van der Waals surface area contributed by atoms with Gasteiger partial charge in [0.05, 0.1) is 12.1 Å². The number of nitrogens with zero attached hydrogens (tertiary/aromatic N) is 2. The summed E-state index contributed by atoms with van der Waals surface area (Å²) in [6.45, 7) is 2.42. The summed E-state index contributed by atoms with van der Waals surface area (Å²) in [6, 6.07) is 0.0332. The van der Waals surface area contributed by atoms with Crippen molar-refractivity contribution in [2.24, 2.45) is 0 Å². The molecule has 2 fully saturated rings. The lowest BCUT2D eigenvalue weighted by Gasteiger charge is -2.34. The van der Waals surface area contributed by atoms with Crippen LogP contribution in [0, 0.1) is 0 Å². The summed E-state index contributed by atoms with van der Waals surface area (Å²) < 4.78 is 0. The average molecular weight is 198 g/mol. The Morgan fingerprint density at radius 1 is 1.36 bits per heavy atom. The van der Waals surface area contributed by atoms with Crippen molar-refractivity contribution in [2.75, 3.05) is 26.7 Å². The van der Waals surface area contributed by atoms with Crippen LogP contribution in [0.15, 0.2) is 0 Å². The van der Waals surface area contributed by atoms with Crippen molar-refractivity contribution < 1.29 is 9.90 Å². The first kappa shape index (κ1) is 9.93. The van der Waals surface area contributed by atoms with Crippen LogP contribution in [0.2, 0.25) is 0 Å². The molecule has 2 heterocycles. The summed E-state index contributed by atoms with van der Waals surface area (Å²) in [5.74, 6) is 0.227. The number of rotatable bonds is 1. The third-order valence-corrected chi connectivity index (χ3v) is 3.27. The van der Waals surface area contributed by atoms with E-state index in [4.69, 9.17) is 0 Å². The third kappa shape index (κ3) is 1.77. The summed E-state index contributed by atoms with van der Waals surface area (Å²) in [7, 11) is 1.86. The van der Waals surface area contributed by atoms with E-state index in [1.807, 2.05) is 7.05 Å². The van der Waals surface area contributed by atoms with Gasteiger partial charge in [-0.05, 0) is 19.3 Å². The maximum atomic E-state index is 11.8. The third-order valence-electron chi connectivity index (χ3n) is 3.27. The lowest BCUT2D eigenvalue weighted by atomic mass is 10.0. The SMILES string of the molecule is CN1CCC[C@H](N2CC[C@@H](O)C2)C1=O. The molecule has 4 heteroatoms. The molecule has 0 radical (unpaired) electrons. The van der Waals surface area contributed by atoms with E-state index in [0.717, 1.165) is 32.4 Å². The van der Waals surface area contributed by atoms with Gasteiger partial charge < -0.3 is 10.0 Å². The number of likely N-dealkylation sites (N-methyl/N-ethyl adjacent to an activating group) is 1. The van der Waals surface area contributed by atoms with Crippen molar-refractivity contribution in [2.45, 2.75) is 31.4 Å². The van der Waals surface area contributed by atoms with Crippen LogP contribution in [0.3, 0.4) is 0 Å². The molecule has 0 aromatic carbocycles. The first-order valence-corrected chi connectivity index (χ1v) is 5.35. The molecule has 14 heavy (non-hydrogen) atoms. The predicted molar refractivity (Wildman–Crippen MR) is 52.9 cm³/mol. The number of carbonyl (C=O) groups is 1. The Balaban J connectivity index is 1.99. The van der Waals surface area contributed by atoms with Crippen LogP contribution in [0.25, 0.3) is 0 Å². The highest BCUT2D eigenvalue weighted by Gasteiger charge is 2.34. The molecule has 0 spiro atoms. The Morgan fingerprint density at radius 2 is 2.14 bits per heavy atom. The molecule has 2 atom stereocenters. The zero-order valence-corrected chi connectivity index (χ0v) is 8.65. The van der Waals surface area contributed by atoms with Crippen molar-refractivity contribution in [1.29, 1.82) is 0 Å². The fourth-order valence-corrected chi connectivity index (χ4v) is 2.40. The molecule has 1 amide bonds. The molecule has 0 saturated carbocycles.